The molecule has 0 aliphatic carbocycles. The van der Waals surface area contributed by atoms with Crippen molar-refractivity contribution >= 4 is 18.2 Å². The van der Waals surface area contributed by atoms with Gasteiger partial charge >= 0.3 is 0 Å². The van der Waals surface area contributed by atoms with Gasteiger partial charge in [-0.2, -0.15) is 0 Å². The summed E-state index contributed by atoms with van der Waals surface area (Å²) in [6, 6.07) is 4.65. The van der Waals surface area contributed by atoms with E-state index in [4.69, 9.17) is 0 Å². The summed E-state index contributed by atoms with van der Waals surface area (Å²) < 4.78 is 0. The molecule has 0 aliphatic heterocycles. The number of benzene rings is 2. The van der Waals surface area contributed by atoms with Crippen LogP contribution in [0.1, 0.15) is 64.8 Å². The van der Waals surface area contributed by atoms with Gasteiger partial charge in [-0.15, -0.1) is 0 Å². The van der Waals surface area contributed by atoms with E-state index in [9.17, 15) is 0 Å². The van der Waals surface area contributed by atoms with Crippen molar-refractivity contribution in [2.24, 2.45) is 5.92 Å². The zero-order valence-electron chi connectivity index (χ0n) is 17.9. The average Bonchev–Trinajstić information content (AvgIpc) is 2.55. The van der Waals surface area contributed by atoms with Crippen LogP contribution in [0.25, 0.3) is 0 Å². The molecule has 1 unspecified atom stereocenters. The van der Waals surface area contributed by atoms with Gasteiger partial charge in [-0.1, -0.05) is 71.1 Å². The first-order valence-electron chi connectivity index (χ1n) is 9.82. The summed E-state index contributed by atoms with van der Waals surface area (Å²) in [5.74, 6) is 0.753. The van der Waals surface area contributed by atoms with E-state index in [-0.39, 0.29) is 0 Å². The van der Waals surface area contributed by atoms with Crippen molar-refractivity contribution in [1.29, 1.82) is 0 Å². The number of aryl methyl sites for hydroxylation is 3. The van der Waals surface area contributed by atoms with E-state index < -0.39 is 0 Å². The third kappa shape index (κ3) is 4.02. The second kappa shape index (κ2) is 7.81. The highest BCUT2D eigenvalue weighted by atomic mass is 14.2. The summed E-state index contributed by atoms with van der Waals surface area (Å²) in [6.45, 7) is 20.7. The van der Waals surface area contributed by atoms with Crippen molar-refractivity contribution in [3.8, 4) is 0 Å². The summed E-state index contributed by atoms with van der Waals surface area (Å²) >= 11 is 0. The maximum Gasteiger partial charge on any atom is 0.193 e. The van der Waals surface area contributed by atoms with Crippen molar-refractivity contribution in [1.82, 2.24) is 0 Å². The van der Waals surface area contributed by atoms with Crippen molar-refractivity contribution < 1.29 is 0 Å². The summed E-state index contributed by atoms with van der Waals surface area (Å²) in [4.78, 5) is 0. The van der Waals surface area contributed by atoms with Gasteiger partial charge in [0.2, 0.25) is 0 Å². The van der Waals surface area contributed by atoms with E-state index in [0.717, 1.165) is 13.2 Å². The van der Waals surface area contributed by atoms with Crippen LogP contribution in [0.5, 0.6) is 0 Å². The lowest BCUT2D eigenvalue weighted by molar-refractivity contribution is 0.557. The minimum atomic E-state index is 0.753. The first-order valence-corrected chi connectivity index (χ1v) is 9.82. The fourth-order valence-corrected chi connectivity index (χ4v) is 4.20. The molecule has 25 heavy (non-hydrogen) atoms. The van der Waals surface area contributed by atoms with Gasteiger partial charge in [-0.05, 0) is 77.5 Å². The molecule has 0 amide bonds. The van der Waals surface area contributed by atoms with E-state index in [2.05, 4.69) is 74.4 Å². The Morgan fingerprint density at radius 3 is 1.68 bits per heavy atom. The second-order valence-electron chi connectivity index (χ2n) is 8.23. The van der Waals surface area contributed by atoms with Crippen LogP contribution in [-0.4, -0.2) is 7.28 Å². The fourth-order valence-electron chi connectivity index (χ4n) is 4.20. The minimum Gasteiger partial charge on any atom is -0.0728 e. The van der Waals surface area contributed by atoms with Gasteiger partial charge in [0, 0.05) is 0 Å². The molecule has 0 aliphatic rings. The molecular formula is C24H35B. The summed E-state index contributed by atoms with van der Waals surface area (Å²) in [7, 11) is 1.06. The smallest absolute Gasteiger partial charge is 0.0728 e. The van der Waals surface area contributed by atoms with Crippen LogP contribution in [0.3, 0.4) is 0 Å². The largest absolute Gasteiger partial charge is 0.193 e. The molecule has 2 aromatic rings. The number of rotatable bonds is 5. The van der Waals surface area contributed by atoms with Gasteiger partial charge in [0.15, 0.2) is 7.28 Å². The summed E-state index contributed by atoms with van der Waals surface area (Å²) in [6.07, 6.45) is 2.46. The summed E-state index contributed by atoms with van der Waals surface area (Å²) in [5.41, 5.74) is 14.9. The molecule has 0 spiro atoms. The molecular weight excluding hydrogens is 299 g/mol. The monoisotopic (exact) mass is 334 g/mol. The Kier molecular flexibility index (Phi) is 6.19. The van der Waals surface area contributed by atoms with Gasteiger partial charge in [-0.25, -0.2) is 0 Å². The topological polar surface area (TPSA) is 0 Å². The Morgan fingerprint density at radius 2 is 1.24 bits per heavy atom. The van der Waals surface area contributed by atoms with Gasteiger partial charge in [-0.3, -0.25) is 0 Å². The Morgan fingerprint density at radius 1 is 0.760 bits per heavy atom. The highest BCUT2D eigenvalue weighted by molar-refractivity contribution is 6.69. The maximum atomic E-state index is 2.37. The molecule has 0 fully saturated rings. The first kappa shape index (κ1) is 19.8. The molecule has 0 heterocycles. The zero-order chi connectivity index (χ0) is 18.9. The number of hydrogen-bond acceptors (Lipinski definition) is 0. The first-order chi connectivity index (χ1) is 11.7. The van der Waals surface area contributed by atoms with Crippen molar-refractivity contribution in [3.63, 3.8) is 0 Å². The van der Waals surface area contributed by atoms with Crippen LogP contribution >= 0.6 is 0 Å². The third-order valence-corrected chi connectivity index (χ3v) is 6.38. The Hall–Kier alpha value is -1.50. The van der Waals surface area contributed by atoms with Crippen LogP contribution < -0.4 is 10.9 Å². The molecule has 2 rings (SSSR count). The Labute approximate surface area is 156 Å². The maximum absolute atomic E-state index is 2.37. The fraction of sp³-hybridized carbons (Fsp3) is 0.500. The number of hydrogen-bond donors (Lipinski definition) is 0. The Balaban J connectivity index is 2.54. The van der Waals surface area contributed by atoms with E-state index >= 15 is 0 Å². The standard InChI is InChI=1S/C24H35B/c1-10-14(2)13-22-18(6)20(8)24(21(9)19(22)7)25-23-16(4)11-15(3)12-17(23)5/h11-12,14,25H,10,13H2,1-9H3. The highest BCUT2D eigenvalue weighted by Crippen LogP contribution is 2.24. The van der Waals surface area contributed by atoms with E-state index in [1.807, 2.05) is 0 Å². The minimum absolute atomic E-state index is 0.753. The Bertz CT molecular complexity index is 731. The van der Waals surface area contributed by atoms with Crippen LogP contribution in [0.2, 0.25) is 0 Å². The quantitative estimate of drug-likeness (QED) is 0.688. The van der Waals surface area contributed by atoms with Crippen molar-refractivity contribution in [3.05, 3.63) is 56.6 Å². The molecule has 0 nitrogen and oxygen atoms in total. The van der Waals surface area contributed by atoms with Crippen molar-refractivity contribution in [2.75, 3.05) is 0 Å². The van der Waals surface area contributed by atoms with Crippen LogP contribution in [-0.2, 0) is 6.42 Å². The van der Waals surface area contributed by atoms with E-state index in [1.165, 1.54) is 62.7 Å². The molecule has 0 N–H and O–H groups in total. The molecule has 1 heteroatoms. The SMILES string of the molecule is CCC(C)Cc1c(C)c(C)c(Bc2c(C)cc(C)cc2C)c(C)c1C. The molecule has 0 saturated carbocycles. The molecule has 1 atom stereocenters. The lowest BCUT2D eigenvalue weighted by Gasteiger charge is -2.23. The van der Waals surface area contributed by atoms with Gasteiger partial charge in [0.05, 0.1) is 0 Å². The van der Waals surface area contributed by atoms with Crippen LogP contribution in [0.15, 0.2) is 12.1 Å². The average molecular weight is 334 g/mol. The third-order valence-electron chi connectivity index (χ3n) is 6.38. The van der Waals surface area contributed by atoms with Gasteiger partial charge < -0.3 is 0 Å². The summed E-state index contributed by atoms with van der Waals surface area (Å²) in [5, 5.41) is 0. The zero-order valence-corrected chi connectivity index (χ0v) is 17.9. The lowest BCUT2D eigenvalue weighted by Crippen LogP contribution is -2.36. The molecule has 134 valence electrons. The van der Waals surface area contributed by atoms with E-state index in [1.54, 1.807) is 5.56 Å². The van der Waals surface area contributed by atoms with Crippen LogP contribution in [0, 0.1) is 54.4 Å². The second-order valence-corrected chi connectivity index (χ2v) is 8.23. The highest BCUT2D eigenvalue weighted by Gasteiger charge is 2.18. The predicted octanol–water partition coefficient (Wildman–Crippen LogP) is 4.82. The van der Waals surface area contributed by atoms with Gasteiger partial charge in [0.1, 0.15) is 0 Å². The lowest BCUT2D eigenvalue weighted by atomic mass is 9.57. The molecule has 0 radical (unpaired) electrons. The molecule has 2 aromatic carbocycles. The normalized spacial score (nSPS) is 12.4. The van der Waals surface area contributed by atoms with E-state index in [0.29, 0.717) is 0 Å². The predicted molar refractivity (Wildman–Crippen MR) is 116 cm³/mol. The van der Waals surface area contributed by atoms with Crippen LogP contribution in [0.4, 0.5) is 0 Å². The molecule has 0 bridgehead atoms. The molecule has 0 aromatic heterocycles. The van der Waals surface area contributed by atoms with Crippen molar-refractivity contribution in [2.45, 2.75) is 75.2 Å². The molecule has 0 saturated heterocycles. The van der Waals surface area contributed by atoms with Gasteiger partial charge in [0.25, 0.3) is 0 Å².